The van der Waals surface area contributed by atoms with Gasteiger partial charge in [-0.3, -0.25) is 0 Å². The lowest BCUT2D eigenvalue weighted by atomic mass is 9.81. The number of nitrogens with zero attached hydrogens (tertiary/aromatic N) is 2. The van der Waals surface area contributed by atoms with Gasteiger partial charge in [-0.05, 0) is 92.3 Å². The van der Waals surface area contributed by atoms with E-state index in [1.54, 1.807) is 13.8 Å². The van der Waals surface area contributed by atoms with E-state index in [-0.39, 0.29) is 0 Å². The van der Waals surface area contributed by atoms with Gasteiger partial charge in [0.25, 0.3) is 0 Å². The Bertz CT molecular complexity index is 1190. The van der Waals surface area contributed by atoms with Gasteiger partial charge in [-0.2, -0.15) is 0 Å². The van der Waals surface area contributed by atoms with Gasteiger partial charge in [0.2, 0.25) is 0 Å². The van der Waals surface area contributed by atoms with Crippen molar-refractivity contribution in [1.82, 2.24) is 4.48 Å². The predicted octanol–water partition coefficient (Wildman–Crippen LogP) is 6.61. The zero-order valence-corrected chi connectivity index (χ0v) is 19.8. The number of hydrogen-bond acceptors (Lipinski definition) is 0. The number of benzene rings is 1. The van der Waals surface area contributed by atoms with Crippen molar-refractivity contribution in [2.75, 3.05) is 0 Å². The number of hydrogen-bond donors (Lipinski definition) is 0. The highest BCUT2D eigenvalue weighted by atomic mass is 79.9. The van der Waals surface area contributed by atoms with Gasteiger partial charge in [0.1, 0.15) is 5.71 Å². The lowest BCUT2D eigenvalue weighted by Crippen LogP contribution is -2.51. The van der Waals surface area contributed by atoms with Crippen molar-refractivity contribution in [3.05, 3.63) is 72.7 Å². The van der Waals surface area contributed by atoms with E-state index in [0.29, 0.717) is 22.8 Å². The van der Waals surface area contributed by atoms with Crippen LogP contribution >= 0.6 is 15.9 Å². The number of rotatable bonds is 1. The highest BCUT2D eigenvalue weighted by molar-refractivity contribution is 9.10. The number of halogens is 3. The van der Waals surface area contributed by atoms with Gasteiger partial charge in [0, 0.05) is 28.2 Å². The molecule has 4 rings (SSSR count). The van der Waals surface area contributed by atoms with Gasteiger partial charge >= 0.3 is 6.97 Å². The summed E-state index contributed by atoms with van der Waals surface area (Å²) >= 11 is 3.58. The van der Waals surface area contributed by atoms with E-state index in [2.05, 4.69) is 48.8 Å². The second kappa shape index (κ2) is 6.27. The van der Waals surface area contributed by atoms with E-state index >= 15 is 8.63 Å². The summed E-state index contributed by atoms with van der Waals surface area (Å²) in [6, 6.07) is 4.28. The second-order valence-electron chi connectivity index (χ2n) is 8.53. The molecule has 2 aliphatic heterocycles. The summed E-state index contributed by atoms with van der Waals surface area (Å²) in [5.41, 5.74) is 10.6. The van der Waals surface area contributed by atoms with E-state index < -0.39 is 6.97 Å². The summed E-state index contributed by atoms with van der Waals surface area (Å²) < 4.78 is 35.3. The van der Waals surface area contributed by atoms with Crippen LogP contribution in [0.15, 0.2) is 33.4 Å². The molecule has 0 unspecified atom stereocenters. The molecule has 0 saturated carbocycles. The molecule has 2 aliphatic rings. The summed E-state index contributed by atoms with van der Waals surface area (Å²) in [5.74, 6) is 0. The van der Waals surface area contributed by atoms with Crippen LogP contribution in [0, 0.1) is 34.6 Å². The molecule has 3 heterocycles. The normalized spacial score (nSPS) is 18.0. The Kier molecular flexibility index (Phi) is 4.40. The Labute approximate surface area is 179 Å². The van der Waals surface area contributed by atoms with E-state index in [0.717, 1.165) is 43.4 Å². The molecule has 0 atom stereocenters. The Morgan fingerprint density at radius 3 is 2.00 bits per heavy atom. The molecule has 0 N–H and O–H groups in total. The fourth-order valence-electron chi connectivity index (χ4n) is 5.24. The maximum atomic E-state index is 16.0. The molecule has 1 aromatic carbocycles. The SMILES string of the molecule is CC1=C(C)C(C)=[N+]2C1=C(c1c(C)cc(C)cc1C)c1c(C)c(Br)c(C)n1[B-]2(F)F. The predicted molar refractivity (Wildman–Crippen MR) is 121 cm³/mol. The van der Waals surface area contributed by atoms with Gasteiger partial charge in [-0.25, -0.2) is 0 Å². The summed E-state index contributed by atoms with van der Waals surface area (Å²) in [4.78, 5) is 0. The molecule has 0 fully saturated rings. The lowest BCUT2D eigenvalue weighted by molar-refractivity contribution is -0.363. The molecule has 29 heavy (non-hydrogen) atoms. The van der Waals surface area contributed by atoms with Crippen molar-refractivity contribution in [3.63, 3.8) is 0 Å². The van der Waals surface area contributed by atoms with Crippen LogP contribution in [-0.2, 0) is 0 Å². The van der Waals surface area contributed by atoms with Crippen molar-refractivity contribution < 1.29 is 13.1 Å². The van der Waals surface area contributed by atoms with Gasteiger partial charge in [0.05, 0.1) is 5.57 Å². The minimum absolute atomic E-state index is 0.566. The van der Waals surface area contributed by atoms with Crippen LogP contribution in [0.5, 0.6) is 0 Å². The average molecular weight is 459 g/mol. The van der Waals surface area contributed by atoms with Crippen molar-refractivity contribution in [1.29, 1.82) is 0 Å². The number of allylic oxidation sites excluding steroid dienone is 2. The summed E-state index contributed by atoms with van der Waals surface area (Å²) in [5, 5.41) is 0. The molecule has 0 saturated heterocycles. The van der Waals surface area contributed by atoms with Gasteiger partial charge in [-0.1, -0.05) is 17.7 Å². The van der Waals surface area contributed by atoms with Crippen LogP contribution in [0.1, 0.15) is 60.0 Å². The van der Waals surface area contributed by atoms with E-state index in [1.807, 2.05) is 20.8 Å². The molecule has 0 radical (unpaired) electrons. The molecule has 6 heteroatoms. The van der Waals surface area contributed by atoms with E-state index in [4.69, 9.17) is 0 Å². The van der Waals surface area contributed by atoms with Crippen LogP contribution in [0.4, 0.5) is 8.63 Å². The standard InChI is InChI=1S/C23H26BBrF2N2/c1-11-9-12(2)19(13(3)10-11)20-22-15(5)14(4)17(7)28(22)24(26,27)29-18(8)21(25)16(6)23(20)29/h9-10H,1-8H3. The first-order valence-electron chi connectivity index (χ1n) is 9.94. The summed E-state index contributed by atoms with van der Waals surface area (Å²) in [6.45, 7) is 11.7. The van der Waals surface area contributed by atoms with E-state index in [9.17, 15) is 0 Å². The first-order valence-corrected chi connectivity index (χ1v) is 10.7. The Hall–Kier alpha value is -1.95. The molecule has 0 aliphatic carbocycles. The summed E-state index contributed by atoms with van der Waals surface area (Å²) in [7, 11) is 0. The quantitative estimate of drug-likeness (QED) is 0.424. The third kappa shape index (κ3) is 2.47. The highest BCUT2D eigenvalue weighted by Gasteiger charge is 2.56. The Morgan fingerprint density at radius 1 is 0.897 bits per heavy atom. The van der Waals surface area contributed by atoms with Crippen LogP contribution in [-0.4, -0.2) is 21.6 Å². The molecule has 2 nitrogen and oxygen atoms in total. The number of aryl methyl sites for hydroxylation is 3. The number of fused-ring (bicyclic) bond motifs is 2. The maximum Gasteiger partial charge on any atom is 0.737 e. The summed E-state index contributed by atoms with van der Waals surface area (Å²) in [6.07, 6.45) is 0. The van der Waals surface area contributed by atoms with Crippen LogP contribution in [0.2, 0.25) is 0 Å². The lowest BCUT2D eigenvalue weighted by Gasteiger charge is -2.34. The first-order chi connectivity index (χ1) is 13.4. The average Bonchev–Trinajstić information content (AvgIpc) is 2.98. The Balaban J connectivity index is 2.29. The first kappa shape index (κ1) is 20.3. The topological polar surface area (TPSA) is 7.94 Å². The van der Waals surface area contributed by atoms with Crippen LogP contribution < -0.4 is 0 Å². The number of aromatic nitrogens is 1. The van der Waals surface area contributed by atoms with Gasteiger partial charge < -0.3 is 17.6 Å². The molecule has 0 amide bonds. The molecule has 1 aromatic heterocycles. The highest BCUT2D eigenvalue weighted by Crippen LogP contribution is 2.48. The van der Waals surface area contributed by atoms with Crippen molar-refractivity contribution in [3.8, 4) is 0 Å². The minimum atomic E-state index is -3.99. The zero-order chi connectivity index (χ0) is 21.6. The van der Waals surface area contributed by atoms with Crippen molar-refractivity contribution >= 4 is 34.2 Å². The van der Waals surface area contributed by atoms with Crippen LogP contribution in [0.3, 0.4) is 0 Å². The Morgan fingerprint density at radius 2 is 1.45 bits per heavy atom. The van der Waals surface area contributed by atoms with Gasteiger partial charge in [0.15, 0.2) is 5.70 Å². The van der Waals surface area contributed by atoms with Crippen LogP contribution in [0.25, 0.3) is 5.57 Å². The smallest absolute Gasteiger partial charge is 0.392 e. The van der Waals surface area contributed by atoms with Gasteiger partial charge in [-0.15, -0.1) is 0 Å². The molecule has 152 valence electrons. The molecule has 0 bridgehead atoms. The van der Waals surface area contributed by atoms with Crippen molar-refractivity contribution in [2.24, 2.45) is 0 Å². The molecule has 2 aromatic rings. The minimum Gasteiger partial charge on any atom is -0.392 e. The second-order valence-corrected chi connectivity index (χ2v) is 9.33. The zero-order valence-electron chi connectivity index (χ0n) is 18.3. The third-order valence-electron chi connectivity index (χ3n) is 6.69. The maximum absolute atomic E-state index is 16.0. The molecular weight excluding hydrogens is 433 g/mol. The fraction of sp³-hybridized carbons (Fsp3) is 0.348. The van der Waals surface area contributed by atoms with Crippen molar-refractivity contribution in [2.45, 2.75) is 55.4 Å². The monoisotopic (exact) mass is 458 g/mol. The van der Waals surface area contributed by atoms with E-state index in [1.165, 1.54) is 14.5 Å². The largest absolute Gasteiger partial charge is 0.737 e. The molecular formula is C23H26BBrF2N2. The fourth-order valence-corrected chi connectivity index (χ4v) is 5.62. The molecule has 0 spiro atoms. The third-order valence-corrected chi connectivity index (χ3v) is 7.86.